The highest BCUT2D eigenvalue weighted by Gasteiger charge is 2.35. The van der Waals surface area contributed by atoms with Crippen molar-refractivity contribution in [3.63, 3.8) is 0 Å². The van der Waals surface area contributed by atoms with Gasteiger partial charge in [0.1, 0.15) is 6.04 Å². The Morgan fingerprint density at radius 3 is 2.62 bits per heavy atom. The van der Waals surface area contributed by atoms with Crippen LogP contribution in [0.4, 0.5) is 0 Å². The van der Waals surface area contributed by atoms with Crippen LogP contribution >= 0.6 is 11.3 Å². The molecule has 0 saturated carbocycles. The Morgan fingerprint density at radius 2 is 1.88 bits per heavy atom. The molecular weight excluding hydrogens is 448 g/mol. The number of benzene rings is 2. The summed E-state index contributed by atoms with van der Waals surface area (Å²) in [5.41, 5.74) is 3.70. The van der Waals surface area contributed by atoms with Gasteiger partial charge in [-0.15, -0.1) is 11.3 Å². The normalized spacial score (nSPS) is 16.6. The third-order valence-corrected chi connectivity index (χ3v) is 7.04. The molecule has 0 radical (unpaired) electrons. The summed E-state index contributed by atoms with van der Waals surface area (Å²) >= 11 is 1.52. The van der Waals surface area contributed by atoms with Crippen LogP contribution in [0.1, 0.15) is 30.1 Å². The van der Waals surface area contributed by atoms with Gasteiger partial charge in [-0.2, -0.15) is 0 Å². The van der Waals surface area contributed by atoms with Crippen molar-refractivity contribution in [3.05, 3.63) is 83.6 Å². The third kappa shape index (κ3) is 4.60. The molecule has 2 aromatic carbocycles. The van der Waals surface area contributed by atoms with Crippen LogP contribution in [0.15, 0.2) is 72.4 Å². The molecule has 2 atom stereocenters. The fourth-order valence-electron chi connectivity index (χ4n) is 4.50. The first-order valence-corrected chi connectivity index (χ1v) is 12.3. The smallest absolute Gasteiger partial charge is 0.243 e. The highest BCUT2D eigenvalue weighted by atomic mass is 32.1. The number of rotatable bonds is 7. The van der Waals surface area contributed by atoms with Gasteiger partial charge >= 0.3 is 0 Å². The van der Waals surface area contributed by atoms with E-state index in [1.807, 2.05) is 76.8 Å². The zero-order valence-electron chi connectivity index (χ0n) is 18.6. The van der Waals surface area contributed by atoms with Gasteiger partial charge in [0.15, 0.2) is 4.96 Å². The second-order valence-electron chi connectivity index (χ2n) is 8.48. The van der Waals surface area contributed by atoms with Gasteiger partial charge < -0.3 is 15.3 Å². The number of aliphatic hydroxyl groups is 1. The third-order valence-electron chi connectivity index (χ3n) is 6.27. The summed E-state index contributed by atoms with van der Waals surface area (Å²) in [6, 6.07) is 16.8. The standard InChI is InChI=1S/C26H26N4O3S/c31-17-22(20-10-8-19(9-11-20)18-5-2-1-3-6-18)28-25(33)23-7-4-12-30(23)24(32)15-21-16-29-13-14-34-26(29)27-21/h1-3,5-6,8-11,13-14,16,22-23,31H,4,7,12,15,17H2,(H,28,33). The quantitative estimate of drug-likeness (QED) is 0.430. The number of aliphatic hydroxyl groups excluding tert-OH is 1. The maximum Gasteiger partial charge on any atom is 0.243 e. The molecule has 0 spiro atoms. The minimum atomic E-state index is -0.533. The molecule has 2 aromatic heterocycles. The minimum absolute atomic E-state index is 0.101. The van der Waals surface area contributed by atoms with Crippen LogP contribution in [0.25, 0.3) is 16.1 Å². The highest BCUT2D eigenvalue weighted by molar-refractivity contribution is 7.15. The van der Waals surface area contributed by atoms with E-state index in [4.69, 9.17) is 0 Å². The summed E-state index contributed by atoms with van der Waals surface area (Å²) in [4.78, 5) is 33.1. The zero-order chi connectivity index (χ0) is 23.5. The summed E-state index contributed by atoms with van der Waals surface area (Å²) < 4.78 is 1.90. The lowest BCUT2D eigenvalue weighted by Gasteiger charge is -2.26. The monoisotopic (exact) mass is 474 g/mol. The van der Waals surface area contributed by atoms with E-state index < -0.39 is 12.1 Å². The van der Waals surface area contributed by atoms with Crippen LogP contribution in [0, 0.1) is 0 Å². The Morgan fingerprint density at radius 1 is 1.12 bits per heavy atom. The van der Waals surface area contributed by atoms with Crippen LogP contribution < -0.4 is 5.32 Å². The molecule has 8 heteroatoms. The van der Waals surface area contributed by atoms with Crippen molar-refractivity contribution < 1.29 is 14.7 Å². The topological polar surface area (TPSA) is 86.9 Å². The van der Waals surface area contributed by atoms with Gasteiger partial charge in [-0.25, -0.2) is 4.98 Å². The molecule has 1 saturated heterocycles. The predicted octanol–water partition coefficient (Wildman–Crippen LogP) is 3.45. The van der Waals surface area contributed by atoms with E-state index in [9.17, 15) is 14.7 Å². The number of thiazole rings is 1. The molecule has 4 aromatic rings. The fourth-order valence-corrected chi connectivity index (χ4v) is 5.22. The zero-order valence-corrected chi connectivity index (χ0v) is 19.4. The molecule has 174 valence electrons. The van der Waals surface area contributed by atoms with E-state index in [1.165, 1.54) is 11.3 Å². The summed E-state index contributed by atoms with van der Waals surface area (Å²) in [6.07, 6.45) is 5.32. The Balaban J connectivity index is 1.24. The van der Waals surface area contributed by atoms with Crippen LogP contribution in [-0.2, 0) is 16.0 Å². The van der Waals surface area contributed by atoms with Gasteiger partial charge in [-0.05, 0) is 29.5 Å². The molecular formula is C26H26N4O3S. The van der Waals surface area contributed by atoms with E-state index in [0.29, 0.717) is 18.7 Å². The van der Waals surface area contributed by atoms with E-state index in [-0.39, 0.29) is 24.8 Å². The lowest BCUT2D eigenvalue weighted by atomic mass is 10.0. The largest absolute Gasteiger partial charge is 0.394 e. The average Bonchev–Trinajstić information content (AvgIpc) is 3.60. The lowest BCUT2D eigenvalue weighted by molar-refractivity contribution is -0.138. The number of nitrogens with one attached hydrogen (secondary N) is 1. The van der Waals surface area contributed by atoms with Gasteiger partial charge in [0.2, 0.25) is 11.8 Å². The van der Waals surface area contributed by atoms with Gasteiger partial charge in [0.25, 0.3) is 0 Å². The Kier molecular flexibility index (Phi) is 6.42. The number of carbonyl (C=O) groups excluding carboxylic acids is 2. The van der Waals surface area contributed by atoms with Crippen LogP contribution in [-0.4, -0.2) is 50.4 Å². The lowest BCUT2D eigenvalue weighted by Crippen LogP contribution is -2.47. The number of likely N-dealkylation sites (tertiary alicyclic amines) is 1. The molecule has 7 nitrogen and oxygen atoms in total. The SMILES string of the molecule is O=C(NC(CO)c1ccc(-c2ccccc2)cc1)C1CCCN1C(=O)Cc1cn2ccsc2n1. The van der Waals surface area contributed by atoms with Crippen molar-refractivity contribution >= 4 is 28.1 Å². The van der Waals surface area contributed by atoms with Crippen molar-refractivity contribution in [1.29, 1.82) is 0 Å². The summed E-state index contributed by atoms with van der Waals surface area (Å²) in [7, 11) is 0. The molecule has 5 rings (SSSR count). The van der Waals surface area contributed by atoms with Crippen molar-refractivity contribution in [2.75, 3.05) is 13.2 Å². The Hall–Kier alpha value is -3.49. The van der Waals surface area contributed by atoms with Crippen molar-refractivity contribution in [3.8, 4) is 11.1 Å². The van der Waals surface area contributed by atoms with E-state index >= 15 is 0 Å². The van der Waals surface area contributed by atoms with Gasteiger partial charge in [-0.1, -0.05) is 54.6 Å². The minimum Gasteiger partial charge on any atom is -0.394 e. The van der Waals surface area contributed by atoms with Gasteiger partial charge in [0.05, 0.1) is 24.8 Å². The molecule has 0 aliphatic carbocycles. The molecule has 1 fully saturated rings. The number of aromatic nitrogens is 2. The Labute approximate surface area is 201 Å². The van der Waals surface area contributed by atoms with E-state index in [2.05, 4.69) is 10.3 Å². The predicted molar refractivity (Wildman–Crippen MR) is 131 cm³/mol. The van der Waals surface area contributed by atoms with E-state index in [1.54, 1.807) is 4.90 Å². The number of carbonyl (C=O) groups is 2. The molecule has 1 aliphatic rings. The van der Waals surface area contributed by atoms with Gasteiger partial charge in [-0.3, -0.25) is 14.0 Å². The second-order valence-corrected chi connectivity index (χ2v) is 9.35. The molecule has 2 N–H and O–H groups in total. The molecule has 1 aliphatic heterocycles. The molecule has 34 heavy (non-hydrogen) atoms. The first kappa shape index (κ1) is 22.3. The number of hydrogen-bond donors (Lipinski definition) is 2. The first-order valence-electron chi connectivity index (χ1n) is 11.4. The number of hydrogen-bond acceptors (Lipinski definition) is 5. The number of imidazole rings is 1. The number of fused-ring (bicyclic) bond motifs is 1. The fraction of sp³-hybridized carbons (Fsp3) is 0.269. The number of nitrogens with zero attached hydrogens (tertiary/aromatic N) is 3. The molecule has 2 unspecified atom stereocenters. The van der Waals surface area contributed by atoms with Crippen LogP contribution in [0.3, 0.4) is 0 Å². The first-order chi connectivity index (χ1) is 16.6. The average molecular weight is 475 g/mol. The highest BCUT2D eigenvalue weighted by Crippen LogP contribution is 2.24. The molecule has 3 heterocycles. The van der Waals surface area contributed by atoms with Crippen molar-refractivity contribution in [1.82, 2.24) is 19.6 Å². The number of amides is 2. The summed E-state index contributed by atoms with van der Waals surface area (Å²) in [5.74, 6) is -0.334. The molecule has 0 bridgehead atoms. The van der Waals surface area contributed by atoms with Gasteiger partial charge in [0, 0.05) is 24.3 Å². The van der Waals surface area contributed by atoms with Crippen molar-refractivity contribution in [2.45, 2.75) is 31.3 Å². The van der Waals surface area contributed by atoms with Crippen LogP contribution in [0.2, 0.25) is 0 Å². The van der Waals surface area contributed by atoms with Crippen LogP contribution in [0.5, 0.6) is 0 Å². The maximum absolute atomic E-state index is 13.1. The van der Waals surface area contributed by atoms with E-state index in [0.717, 1.165) is 28.1 Å². The van der Waals surface area contributed by atoms with Crippen molar-refractivity contribution in [2.24, 2.45) is 0 Å². The summed E-state index contributed by atoms with van der Waals surface area (Å²) in [6.45, 7) is 0.331. The molecule has 2 amide bonds. The second kappa shape index (κ2) is 9.79. The maximum atomic E-state index is 13.1. The Bertz CT molecular complexity index is 1250. The summed E-state index contributed by atoms with van der Waals surface area (Å²) in [5, 5.41) is 14.9.